The molecule has 0 atom stereocenters. The van der Waals surface area contributed by atoms with Crippen molar-refractivity contribution in [3.8, 4) is 0 Å². The molecule has 1 aliphatic heterocycles. The first-order valence-corrected chi connectivity index (χ1v) is 6.90. The lowest BCUT2D eigenvalue weighted by molar-refractivity contribution is 1.11. The average Bonchev–Trinajstić information content (AvgIpc) is 2.89. The number of hydrogen-bond donors (Lipinski definition) is 2. The fourth-order valence-electron chi connectivity index (χ4n) is 2.61. The van der Waals surface area contributed by atoms with Crippen LogP contribution in [0.15, 0.2) is 36.4 Å². The van der Waals surface area contributed by atoms with Crippen LogP contribution >= 0.6 is 0 Å². The molecule has 0 bridgehead atoms. The van der Waals surface area contributed by atoms with Crippen molar-refractivity contribution < 1.29 is 0 Å². The van der Waals surface area contributed by atoms with E-state index in [4.69, 9.17) is 0 Å². The van der Waals surface area contributed by atoms with Gasteiger partial charge in [-0.05, 0) is 54.7 Å². The molecule has 0 unspecified atom stereocenters. The number of nitrogens with one attached hydrogen (secondary N) is 2. The molecule has 1 aliphatic rings. The highest BCUT2D eigenvalue weighted by Gasteiger charge is 2.13. The van der Waals surface area contributed by atoms with Crippen LogP contribution in [-0.4, -0.2) is 6.54 Å². The zero-order valence-corrected chi connectivity index (χ0v) is 11.6. The molecule has 3 rings (SSSR count). The topological polar surface area (TPSA) is 24.1 Å². The average molecular weight is 252 g/mol. The monoisotopic (exact) mass is 252 g/mol. The molecule has 0 saturated heterocycles. The van der Waals surface area contributed by atoms with Crippen molar-refractivity contribution in [3.63, 3.8) is 0 Å². The minimum Gasteiger partial charge on any atom is -0.384 e. The predicted molar refractivity (Wildman–Crippen MR) is 81.9 cm³/mol. The van der Waals surface area contributed by atoms with Crippen LogP contribution in [0.1, 0.15) is 22.3 Å². The van der Waals surface area contributed by atoms with Gasteiger partial charge in [-0.2, -0.15) is 0 Å². The number of hydrogen-bond acceptors (Lipinski definition) is 2. The van der Waals surface area contributed by atoms with Gasteiger partial charge in [-0.3, -0.25) is 0 Å². The minimum absolute atomic E-state index is 0.874. The lowest BCUT2D eigenvalue weighted by atomic mass is 10.1. The Labute approximate surface area is 114 Å². The summed E-state index contributed by atoms with van der Waals surface area (Å²) >= 11 is 0. The van der Waals surface area contributed by atoms with Gasteiger partial charge in [-0.15, -0.1) is 0 Å². The van der Waals surface area contributed by atoms with Gasteiger partial charge in [0.05, 0.1) is 0 Å². The highest BCUT2D eigenvalue weighted by Crippen LogP contribution is 2.27. The van der Waals surface area contributed by atoms with Crippen molar-refractivity contribution in [2.45, 2.75) is 26.8 Å². The number of fused-ring (bicyclic) bond motifs is 1. The van der Waals surface area contributed by atoms with E-state index < -0.39 is 0 Å². The first-order chi connectivity index (χ1) is 9.24. The summed E-state index contributed by atoms with van der Waals surface area (Å²) in [5.74, 6) is 0. The van der Waals surface area contributed by atoms with Crippen LogP contribution in [0.5, 0.6) is 0 Å². The van der Waals surface area contributed by atoms with Gasteiger partial charge in [-0.25, -0.2) is 0 Å². The van der Waals surface area contributed by atoms with Crippen LogP contribution in [-0.2, 0) is 13.0 Å². The maximum absolute atomic E-state index is 3.52. The molecule has 2 aromatic carbocycles. The van der Waals surface area contributed by atoms with Gasteiger partial charge >= 0.3 is 0 Å². The molecule has 0 aromatic heterocycles. The SMILES string of the molecule is Cc1ccc(NCc2cccc3c2NCC3)cc1C. The van der Waals surface area contributed by atoms with E-state index in [0.29, 0.717) is 0 Å². The fraction of sp³-hybridized carbons (Fsp3) is 0.294. The summed E-state index contributed by atoms with van der Waals surface area (Å²) in [6, 6.07) is 13.1. The van der Waals surface area contributed by atoms with E-state index >= 15 is 0 Å². The molecule has 2 nitrogen and oxygen atoms in total. The first-order valence-electron chi connectivity index (χ1n) is 6.90. The van der Waals surface area contributed by atoms with Gasteiger partial charge in [0, 0.05) is 24.5 Å². The molecule has 2 heteroatoms. The number of aryl methyl sites for hydroxylation is 2. The van der Waals surface area contributed by atoms with Crippen molar-refractivity contribution in [3.05, 3.63) is 58.7 Å². The van der Waals surface area contributed by atoms with E-state index in [1.54, 1.807) is 0 Å². The van der Waals surface area contributed by atoms with E-state index in [0.717, 1.165) is 19.5 Å². The number of para-hydroxylation sites is 1. The number of benzene rings is 2. The van der Waals surface area contributed by atoms with E-state index in [1.807, 2.05) is 0 Å². The van der Waals surface area contributed by atoms with E-state index in [1.165, 1.54) is 33.6 Å². The molecular formula is C17H20N2. The Balaban J connectivity index is 1.76. The second-order valence-corrected chi connectivity index (χ2v) is 5.28. The van der Waals surface area contributed by atoms with Crippen LogP contribution in [0.25, 0.3) is 0 Å². The summed E-state index contributed by atoms with van der Waals surface area (Å²) in [5.41, 5.74) is 8.00. The van der Waals surface area contributed by atoms with Gasteiger partial charge in [0.15, 0.2) is 0 Å². The van der Waals surface area contributed by atoms with E-state index in [2.05, 4.69) is 60.9 Å². The van der Waals surface area contributed by atoms with E-state index in [-0.39, 0.29) is 0 Å². The third-order valence-corrected chi connectivity index (χ3v) is 3.92. The van der Waals surface area contributed by atoms with Crippen LogP contribution in [0.2, 0.25) is 0 Å². The summed E-state index contributed by atoms with van der Waals surface area (Å²) in [6.45, 7) is 6.24. The molecule has 0 spiro atoms. The van der Waals surface area contributed by atoms with Crippen LogP contribution in [0.4, 0.5) is 11.4 Å². The van der Waals surface area contributed by atoms with Crippen molar-refractivity contribution in [2.24, 2.45) is 0 Å². The molecule has 1 heterocycles. The highest BCUT2D eigenvalue weighted by atomic mass is 14.9. The van der Waals surface area contributed by atoms with Crippen LogP contribution < -0.4 is 10.6 Å². The third-order valence-electron chi connectivity index (χ3n) is 3.92. The zero-order chi connectivity index (χ0) is 13.2. The van der Waals surface area contributed by atoms with Crippen molar-refractivity contribution >= 4 is 11.4 Å². The lowest BCUT2D eigenvalue weighted by Crippen LogP contribution is -2.03. The summed E-state index contributed by atoms with van der Waals surface area (Å²) in [5, 5.41) is 7.00. The van der Waals surface area contributed by atoms with Crippen LogP contribution in [0, 0.1) is 13.8 Å². The fourth-order valence-corrected chi connectivity index (χ4v) is 2.61. The van der Waals surface area contributed by atoms with Crippen molar-refractivity contribution in [1.82, 2.24) is 0 Å². The summed E-state index contributed by atoms with van der Waals surface area (Å²) < 4.78 is 0. The number of anilines is 2. The number of rotatable bonds is 3. The van der Waals surface area contributed by atoms with Gasteiger partial charge in [-0.1, -0.05) is 24.3 Å². The smallest absolute Gasteiger partial charge is 0.0424 e. The lowest BCUT2D eigenvalue weighted by Gasteiger charge is -2.12. The Morgan fingerprint density at radius 3 is 2.84 bits per heavy atom. The first kappa shape index (κ1) is 12.1. The quantitative estimate of drug-likeness (QED) is 0.866. The van der Waals surface area contributed by atoms with E-state index in [9.17, 15) is 0 Å². The maximum atomic E-state index is 3.52. The molecule has 19 heavy (non-hydrogen) atoms. The van der Waals surface area contributed by atoms with Gasteiger partial charge in [0.25, 0.3) is 0 Å². The van der Waals surface area contributed by atoms with Gasteiger partial charge < -0.3 is 10.6 Å². The standard InChI is InChI=1S/C17H20N2/c1-12-6-7-16(10-13(12)2)19-11-15-5-3-4-14-8-9-18-17(14)15/h3-7,10,18-19H,8-9,11H2,1-2H3. The minimum atomic E-state index is 0.874. The highest BCUT2D eigenvalue weighted by molar-refractivity contribution is 5.62. The molecule has 0 radical (unpaired) electrons. The second kappa shape index (κ2) is 4.96. The molecule has 2 aromatic rings. The molecule has 2 N–H and O–H groups in total. The summed E-state index contributed by atoms with van der Waals surface area (Å²) in [4.78, 5) is 0. The molecular weight excluding hydrogens is 232 g/mol. The Morgan fingerprint density at radius 2 is 2.00 bits per heavy atom. The zero-order valence-electron chi connectivity index (χ0n) is 11.6. The second-order valence-electron chi connectivity index (χ2n) is 5.28. The van der Waals surface area contributed by atoms with Crippen LogP contribution in [0.3, 0.4) is 0 Å². The Morgan fingerprint density at radius 1 is 1.11 bits per heavy atom. The largest absolute Gasteiger partial charge is 0.384 e. The molecule has 0 saturated carbocycles. The Kier molecular flexibility index (Phi) is 3.16. The molecule has 0 fully saturated rings. The van der Waals surface area contributed by atoms with Gasteiger partial charge in [0.1, 0.15) is 0 Å². The molecule has 0 amide bonds. The van der Waals surface area contributed by atoms with Crippen molar-refractivity contribution in [1.29, 1.82) is 0 Å². The Hall–Kier alpha value is -1.96. The third kappa shape index (κ3) is 2.43. The maximum Gasteiger partial charge on any atom is 0.0424 e. The summed E-state index contributed by atoms with van der Waals surface area (Å²) in [7, 11) is 0. The normalized spacial score (nSPS) is 12.9. The predicted octanol–water partition coefficient (Wildman–Crippen LogP) is 3.88. The van der Waals surface area contributed by atoms with Gasteiger partial charge in [0.2, 0.25) is 0 Å². The molecule has 98 valence electrons. The van der Waals surface area contributed by atoms with Crippen molar-refractivity contribution in [2.75, 3.05) is 17.2 Å². The molecule has 0 aliphatic carbocycles. The Bertz CT molecular complexity index is 602. The summed E-state index contributed by atoms with van der Waals surface area (Å²) in [6.07, 6.45) is 1.15.